The lowest BCUT2D eigenvalue weighted by Gasteiger charge is -2.26. The van der Waals surface area contributed by atoms with E-state index in [1.165, 1.54) is 37.9 Å². The van der Waals surface area contributed by atoms with Gasteiger partial charge in [0.2, 0.25) is 0 Å². The van der Waals surface area contributed by atoms with Crippen LogP contribution in [0.3, 0.4) is 0 Å². The number of aromatic nitrogens is 1. The molecule has 0 fully saturated rings. The molecule has 47 heavy (non-hydrogen) atoms. The molecule has 3 nitrogen and oxygen atoms in total. The van der Waals surface area contributed by atoms with Gasteiger partial charge in [0.1, 0.15) is 0 Å². The SMILES string of the molecule is Cc1ccc2sc3ccc(N(c4ccccc4)c4ccc5c6ccc(N(C)c7ccc(C(F)(F)F)cc7)cc6n(C)c5c4)cc3c2c1. The minimum atomic E-state index is -4.36. The number of nitrogens with zero attached hydrogens (tertiary/aromatic N) is 3. The maximum Gasteiger partial charge on any atom is 0.416 e. The van der Waals surface area contributed by atoms with Crippen molar-refractivity contribution in [1.29, 1.82) is 0 Å². The summed E-state index contributed by atoms with van der Waals surface area (Å²) in [5.74, 6) is 0. The molecule has 0 radical (unpaired) electrons. The summed E-state index contributed by atoms with van der Waals surface area (Å²) < 4.78 is 44.2. The number of halogens is 3. The highest BCUT2D eigenvalue weighted by molar-refractivity contribution is 7.25. The zero-order chi connectivity index (χ0) is 32.4. The molecule has 8 rings (SSSR count). The van der Waals surface area contributed by atoms with Crippen LogP contribution in [0.4, 0.5) is 41.6 Å². The highest BCUT2D eigenvalue weighted by Crippen LogP contribution is 2.42. The van der Waals surface area contributed by atoms with Crippen molar-refractivity contribution in [1.82, 2.24) is 4.57 Å². The Bertz CT molecular complexity index is 2440. The maximum atomic E-state index is 13.1. The number of para-hydroxylation sites is 1. The minimum Gasteiger partial charge on any atom is -0.345 e. The van der Waals surface area contributed by atoms with Gasteiger partial charge in [0.05, 0.1) is 16.6 Å². The number of thiophene rings is 1. The zero-order valence-corrected chi connectivity index (χ0v) is 26.8. The van der Waals surface area contributed by atoms with Crippen LogP contribution in [0.1, 0.15) is 11.1 Å². The van der Waals surface area contributed by atoms with Gasteiger partial charge >= 0.3 is 6.18 Å². The summed E-state index contributed by atoms with van der Waals surface area (Å²) >= 11 is 1.82. The molecule has 0 saturated heterocycles. The minimum absolute atomic E-state index is 0.655. The van der Waals surface area contributed by atoms with Crippen molar-refractivity contribution >= 4 is 81.8 Å². The van der Waals surface area contributed by atoms with E-state index < -0.39 is 11.7 Å². The fourth-order valence-corrected chi connectivity index (χ4v) is 7.66. The molecule has 0 saturated carbocycles. The highest BCUT2D eigenvalue weighted by atomic mass is 32.1. The molecular formula is C40H30F3N3S. The van der Waals surface area contributed by atoms with Gasteiger partial charge in [0.15, 0.2) is 0 Å². The van der Waals surface area contributed by atoms with Crippen LogP contribution in [0.2, 0.25) is 0 Å². The number of rotatable bonds is 5. The molecule has 0 N–H and O–H groups in total. The normalized spacial score (nSPS) is 12.0. The Balaban J connectivity index is 1.23. The third kappa shape index (κ3) is 4.98. The van der Waals surface area contributed by atoms with Crippen LogP contribution in [0.5, 0.6) is 0 Å². The van der Waals surface area contributed by atoms with Crippen molar-refractivity contribution in [3.63, 3.8) is 0 Å². The van der Waals surface area contributed by atoms with Crippen molar-refractivity contribution < 1.29 is 13.2 Å². The lowest BCUT2D eigenvalue weighted by Crippen LogP contribution is -2.10. The van der Waals surface area contributed by atoms with E-state index >= 15 is 0 Å². The number of fused-ring (bicyclic) bond motifs is 6. The number of hydrogen-bond acceptors (Lipinski definition) is 3. The molecule has 2 heterocycles. The second-order valence-corrected chi connectivity index (χ2v) is 13.1. The molecule has 8 aromatic rings. The van der Waals surface area contributed by atoms with Crippen LogP contribution < -0.4 is 9.80 Å². The summed E-state index contributed by atoms with van der Waals surface area (Å²) in [6.07, 6.45) is -4.36. The van der Waals surface area contributed by atoms with Gasteiger partial charge in [-0.25, -0.2) is 0 Å². The molecule has 0 spiro atoms. The van der Waals surface area contributed by atoms with Crippen LogP contribution >= 0.6 is 11.3 Å². The summed E-state index contributed by atoms with van der Waals surface area (Å²) in [7, 11) is 3.94. The molecular weight excluding hydrogens is 612 g/mol. The van der Waals surface area contributed by atoms with Crippen LogP contribution in [0.25, 0.3) is 42.0 Å². The summed E-state index contributed by atoms with van der Waals surface area (Å²) in [6, 6.07) is 41.9. The Morgan fingerprint density at radius 1 is 0.553 bits per heavy atom. The average Bonchev–Trinajstić information content (AvgIpc) is 3.58. The van der Waals surface area contributed by atoms with Gasteiger partial charge in [-0.2, -0.15) is 13.2 Å². The van der Waals surface area contributed by atoms with Gasteiger partial charge < -0.3 is 14.4 Å². The van der Waals surface area contributed by atoms with Crippen molar-refractivity contribution in [2.75, 3.05) is 16.8 Å². The summed E-state index contributed by atoms with van der Waals surface area (Å²) in [6.45, 7) is 2.14. The largest absolute Gasteiger partial charge is 0.416 e. The predicted octanol–water partition coefficient (Wildman–Crippen LogP) is 12.3. The maximum absolute atomic E-state index is 13.1. The third-order valence-electron chi connectivity index (χ3n) is 9.08. The van der Waals surface area contributed by atoms with Gasteiger partial charge in [-0.3, -0.25) is 0 Å². The quantitative estimate of drug-likeness (QED) is 0.185. The van der Waals surface area contributed by atoms with Crippen LogP contribution in [0.15, 0.2) is 127 Å². The lowest BCUT2D eigenvalue weighted by molar-refractivity contribution is -0.137. The summed E-state index contributed by atoms with van der Waals surface area (Å²) in [5.41, 5.74) is 7.50. The van der Waals surface area contributed by atoms with Gasteiger partial charge in [-0.1, -0.05) is 42.0 Å². The topological polar surface area (TPSA) is 11.4 Å². The fraction of sp³-hybridized carbons (Fsp3) is 0.100. The van der Waals surface area contributed by atoms with Crippen molar-refractivity contribution in [2.45, 2.75) is 13.1 Å². The van der Waals surface area contributed by atoms with E-state index in [2.05, 4.69) is 114 Å². The third-order valence-corrected chi connectivity index (χ3v) is 10.2. The second kappa shape index (κ2) is 10.9. The van der Waals surface area contributed by atoms with Crippen molar-refractivity contribution in [3.05, 3.63) is 139 Å². The van der Waals surface area contributed by atoms with E-state index in [0.29, 0.717) is 5.69 Å². The molecule has 2 aromatic heterocycles. The highest BCUT2D eigenvalue weighted by Gasteiger charge is 2.30. The Labute approximate surface area is 274 Å². The smallest absolute Gasteiger partial charge is 0.345 e. The van der Waals surface area contributed by atoms with Gasteiger partial charge in [-0.05, 0) is 97.9 Å². The Kier molecular flexibility index (Phi) is 6.77. The number of aryl methyl sites for hydroxylation is 2. The number of alkyl halides is 3. The molecule has 0 aliphatic rings. The zero-order valence-electron chi connectivity index (χ0n) is 26.0. The Morgan fingerprint density at radius 3 is 1.79 bits per heavy atom. The first kappa shape index (κ1) is 29.2. The Morgan fingerprint density at radius 2 is 1.11 bits per heavy atom. The van der Waals surface area contributed by atoms with E-state index in [1.54, 1.807) is 0 Å². The van der Waals surface area contributed by atoms with Crippen LogP contribution in [0, 0.1) is 6.92 Å². The van der Waals surface area contributed by atoms with Gasteiger partial charge in [-0.15, -0.1) is 11.3 Å². The molecule has 0 amide bonds. The molecule has 0 unspecified atom stereocenters. The second-order valence-electron chi connectivity index (χ2n) is 12.0. The van der Waals surface area contributed by atoms with Gasteiger partial charge in [0, 0.05) is 73.5 Å². The number of anilines is 5. The van der Waals surface area contributed by atoms with E-state index in [1.807, 2.05) is 35.4 Å². The van der Waals surface area contributed by atoms with E-state index in [4.69, 9.17) is 0 Å². The first-order valence-electron chi connectivity index (χ1n) is 15.4. The number of benzene rings is 6. The predicted molar refractivity (Wildman–Crippen MR) is 192 cm³/mol. The monoisotopic (exact) mass is 641 g/mol. The Hall–Kier alpha value is -5.27. The van der Waals surface area contributed by atoms with Crippen molar-refractivity contribution in [2.24, 2.45) is 7.05 Å². The van der Waals surface area contributed by atoms with E-state index in [0.717, 1.165) is 56.7 Å². The molecule has 0 atom stereocenters. The molecule has 7 heteroatoms. The van der Waals surface area contributed by atoms with E-state index in [-0.39, 0.29) is 0 Å². The van der Waals surface area contributed by atoms with E-state index in [9.17, 15) is 13.2 Å². The summed E-state index contributed by atoms with van der Waals surface area (Å²) in [5, 5.41) is 4.78. The molecule has 0 bridgehead atoms. The molecule has 0 aliphatic carbocycles. The lowest BCUT2D eigenvalue weighted by atomic mass is 10.1. The molecule has 6 aromatic carbocycles. The number of hydrogen-bond donors (Lipinski definition) is 0. The molecule has 232 valence electrons. The first-order chi connectivity index (χ1) is 22.7. The average molecular weight is 642 g/mol. The molecule has 0 aliphatic heterocycles. The summed E-state index contributed by atoms with van der Waals surface area (Å²) in [4.78, 5) is 4.21. The van der Waals surface area contributed by atoms with Crippen molar-refractivity contribution in [3.8, 4) is 0 Å². The standard InChI is InChI=1S/C40H30F3N3S/c1-25-9-19-38-34(21-25)35-22-30(16-20-39(35)47-38)46(28-7-5-4-6-8-28)31-15-18-33-32-17-14-29(23-36(32)45(3)37(33)24-31)44(2)27-12-10-26(11-13-27)40(41,42)43/h4-24H,1-3H3. The van der Waals surface area contributed by atoms with Crippen LogP contribution in [-0.4, -0.2) is 11.6 Å². The van der Waals surface area contributed by atoms with Gasteiger partial charge in [0.25, 0.3) is 0 Å². The van der Waals surface area contributed by atoms with Crippen LogP contribution in [-0.2, 0) is 13.2 Å². The first-order valence-corrected chi connectivity index (χ1v) is 16.2. The fourth-order valence-electron chi connectivity index (χ4n) is 6.59.